The summed E-state index contributed by atoms with van der Waals surface area (Å²) in [6.45, 7) is 0. The van der Waals surface area contributed by atoms with Gasteiger partial charge in [0.1, 0.15) is 32.6 Å². The van der Waals surface area contributed by atoms with E-state index in [9.17, 15) is 36.2 Å². The molecule has 0 fully saturated rings. The lowest BCUT2D eigenvalue weighted by molar-refractivity contribution is 0.472. The second kappa shape index (κ2) is 15.5. The maximum atomic E-state index is 12.4. The molecule has 15 nitrogen and oxygen atoms in total. The van der Waals surface area contributed by atoms with Gasteiger partial charge in [0.25, 0.3) is 20.2 Å². The summed E-state index contributed by atoms with van der Waals surface area (Å²) < 4.78 is 69.6. The Labute approximate surface area is 321 Å². The third kappa shape index (κ3) is 8.83. The Hall–Kier alpha value is -5.47. The first kappa shape index (κ1) is 38.3. The van der Waals surface area contributed by atoms with Gasteiger partial charge in [-0.05, 0) is 109 Å². The summed E-state index contributed by atoms with van der Waals surface area (Å²) >= 11 is 13.5. The van der Waals surface area contributed by atoms with Crippen LogP contribution in [0.15, 0.2) is 153 Å². The van der Waals surface area contributed by atoms with E-state index in [1.165, 1.54) is 42.1 Å². The van der Waals surface area contributed by atoms with Crippen LogP contribution in [-0.4, -0.2) is 36.2 Å². The van der Waals surface area contributed by atoms with E-state index in [0.717, 1.165) is 21.9 Å². The number of phenolic OH excluding ortho intramolecular Hbond substituents is 2. The number of rotatable bonds is 10. The smallest absolute Gasteiger partial charge is 0.296 e. The predicted molar refractivity (Wildman–Crippen MR) is 204 cm³/mol. The predicted octanol–water partition coefficient (Wildman–Crippen LogP) is 11.0. The second-order valence-corrected chi connectivity index (χ2v) is 15.8. The summed E-state index contributed by atoms with van der Waals surface area (Å²) in [6, 6.07) is 26.0. The lowest BCUT2D eigenvalue weighted by Gasteiger charge is -2.14. The summed E-state index contributed by atoms with van der Waals surface area (Å²) in [4.78, 5) is -0.136. The molecular weight excluding hydrogens is 802 g/mol. The fraction of sp³-hybridized carbons (Fsp3) is 0. The number of anilines is 1. The van der Waals surface area contributed by atoms with Gasteiger partial charge in [0.2, 0.25) is 0 Å². The van der Waals surface area contributed by atoms with E-state index in [4.69, 9.17) is 28.9 Å². The van der Waals surface area contributed by atoms with Crippen LogP contribution < -0.4 is 5.73 Å². The number of nitrogen functional groups attached to an aromatic ring is 1. The highest BCUT2D eigenvalue weighted by Crippen LogP contribution is 2.48. The average Bonchev–Trinajstić information content (AvgIpc) is 3.12. The largest absolute Gasteiger partial charge is 0.508 e. The number of azo groups is 3. The Morgan fingerprint density at radius 3 is 1.56 bits per heavy atom. The molecule has 0 bridgehead atoms. The Balaban J connectivity index is 1.30. The summed E-state index contributed by atoms with van der Waals surface area (Å²) in [5, 5.41) is 44.4. The third-order valence-electron chi connectivity index (χ3n) is 7.34. The van der Waals surface area contributed by atoms with Gasteiger partial charge in [0.15, 0.2) is 5.75 Å². The van der Waals surface area contributed by atoms with Crippen LogP contribution >= 0.6 is 35.0 Å². The number of benzene rings is 6. The monoisotopic (exact) mass is 823 g/mol. The van der Waals surface area contributed by atoms with Crippen LogP contribution in [0.3, 0.4) is 0 Å². The molecule has 274 valence electrons. The molecule has 0 saturated carbocycles. The minimum atomic E-state index is -5.10. The van der Waals surface area contributed by atoms with Crippen molar-refractivity contribution in [1.82, 2.24) is 0 Å². The second-order valence-electron chi connectivity index (χ2n) is 11.1. The quantitative estimate of drug-likeness (QED) is 0.0496. The zero-order valence-electron chi connectivity index (χ0n) is 27.0. The minimum Gasteiger partial charge on any atom is -0.508 e. The molecule has 20 heteroatoms. The summed E-state index contributed by atoms with van der Waals surface area (Å²) in [6.07, 6.45) is 0. The zero-order chi connectivity index (χ0) is 38.8. The molecule has 6 rings (SSSR count). The number of nitrogens with two attached hydrogens (primary N) is 1. The molecule has 0 aromatic heterocycles. The molecule has 0 spiro atoms. The molecule has 54 heavy (non-hydrogen) atoms. The van der Waals surface area contributed by atoms with Crippen LogP contribution in [0.1, 0.15) is 0 Å². The lowest BCUT2D eigenvalue weighted by Crippen LogP contribution is -2.03. The summed E-state index contributed by atoms with van der Waals surface area (Å²) in [5.41, 5.74) is 5.81. The highest BCUT2D eigenvalue weighted by Gasteiger charge is 2.28. The van der Waals surface area contributed by atoms with E-state index < -0.39 is 52.8 Å². The maximum Gasteiger partial charge on any atom is 0.296 e. The molecule has 0 saturated heterocycles. The van der Waals surface area contributed by atoms with Gasteiger partial charge in [-0.1, -0.05) is 35.0 Å². The van der Waals surface area contributed by atoms with Gasteiger partial charge in [-0.15, -0.1) is 15.3 Å². The molecule has 0 aliphatic heterocycles. The van der Waals surface area contributed by atoms with E-state index in [-0.39, 0.29) is 37.9 Å². The lowest BCUT2D eigenvalue weighted by atomic mass is 10.1. The van der Waals surface area contributed by atoms with Crippen molar-refractivity contribution in [2.45, 2.75) is 19.6 Å². The third-order valence-corrected chi connectivity index (χ3v) is 10.6. The number of hydrogen-bond donors (Lipinski definition) is 5. The highest BCUT2D eigenvalue weighted by molar-refractivity contribution is 7.99. The molecule has 0 radical (unpaired) electrons. The number of hydrogen-bond acceptors (Lipinski definition) is 14. The standard InChI is InChI=1S/C34H23Cl2N7O8S3/c35-19-1-14-26(36)27(17-19)41-42-32-28(53(46,47)48)15-18-16-29(54(49,50)51)33(34(45)30(18)31(32)37)43-40-22-6-12-25(13-7-22)52-24-10-4-21(5-11-24)39-38-20-2-8-23(44)9-3-20/h1-17,44-45H,37H2,(H,46,47,48)(H,49,50,51). The topological polar surface area (TPSA) is 249 Å². The van der Waals surface area contributed by atoms with Gasteiger partial charge >= 0.3 is 0 Å². The Kier molecular flexibility index (Phi) is 11.0. The Morgan fingerprint density at radius 2 is 1.04 bits per heavy atom. The molecule has 0 atom stereocenters. The van der Waals surface area contributed by atoms with Gasteiger partial charge in [-0.2, -0.15) is 32.2 Å². The first-order valence-electron chi connectivity index (χ1n) is 15.0. The number of halogens is 2. The van der Waals surface area contributed by atoms with Crippen LogP contribution in [0.2, 0.25) is 10.0 Å². The van der Waals surface area contributed by atoms with Crippen molar-refractivity contribution in [1.29, 1.82) is 0 Å². The van der Waals surface area contributed by atoms with Crippen LogP contribution in [0.4, 0.5) is 39.8 Å². The van der Waals surface area contributed by atoms with E-state index in [1.807, 2.05) is 12.1 Å². The fourth-order valence-corrected chi connectivity index (χ4v) is 7.28. The van der Waals surface area contributed by atoms with Crippen molar-refractivity contribution in [2.75, 3.05) is 5.73 Å². The molecule has 0 amide bonds. The van der Waals surface area contributed by atoms with Gasteiger partial charge in [-0.3, -0.25) is 9.11 Å². The van der Waals surface area contributed by atoms with E-state index in [2.05, 4.69) is 30.7 Å². The van der Waals surface area contributed by atoms with Gasteiger partial charge < -0.3 is 15.9 Å². The van der Waals surface area contributed by atoms with E-state index >= 15 is 0 Å². The molecule has 0 aliphatic rings. The van der Waals surface area contributed by atoms with Crippen molar-refractivity contribution in [3.05, 3.63) is 113 Å². The first-order chi connectivity index (χ1) is 25.6. The molecule has 0 heterocycles. The van der Waals surface area contributed by atoms with Crippen LogP contribution in [0.25, 0.3) is 10.8 Å². The molecule has 6 aromatic rings. The fourth-order valence-electron chi connectivity index (χ4n) is 4.81. The van der Waals surface area contributed by atoms with Crippen molar-refractivity contribution in [2.24, 2.45) is 30.7 Å². The maximum absolute atomic E-state index is 12.4. The number of fused-ring (bicyclic) bond motifs is 1. The molecule has 0 aliphatic carbocycles. The van der Waals surface area contributed by atoms with E-state index in [1.54, 1.807) is 48.5 Å². The van der Waals surface area contributed by atoms with Crippen molar-refractivity contribution in [3.63, 3.8) is 0 Å². The van der Waals surface area contributed by atoms with Crippen molar-refractivity contribution < 1.29 is 36.2 Å². The molecule has 6 N–H and O–H groups in total. The SMILES string of the molecule is Nc1c(N=Nc2cc(Cl)ccc2Cl)c(S(=O)(=O)O)cc2cc(S(=O)(=O)O)c(N=Nc3ccc(Sc4ccc(N=Nc5ccc(O)cc5)cc4)cc3)c(O)c12. The van der Waals surface area contributed by atoms with Gasteiger partial charge in [0, 0.05) is 14.8 Å². The molecule has 6 aromatic carbocycles. The summed E-state index contributed by atoms with van der Waals surface area (Å²) in [7, 11) is -10.2. The zero-order valence-corrected chi connectivity index (χ0v) is 30.9. The number of aromatic hydroxyl groups is 2. The van der Waals surface area contributed by atoms with Crippen LogP contribution in [0.5, 0.6) is 11.5 Å². The Bertz CT molecular complexity index is 2730. The van der Waals surface area contributed by atoms with Gasteiger partial charge in [-0.25, -0.2) is 0 Å². The highest BCUT2D eigenvalue weighted by atomic mass is 35.5. The van der Waals surface area contributed by atoms with E-state index in [0.29, 0.717) is 11.4 Å². The summed E-state index contributed by atoms with van der Waals surface area (Å²) in [5.74, 6) is -0.774. The van der Waals surface area contributed by atoms with Crippen LogP contribution in [-0.2, 0) is 20.2 Å². The van der Waals surface area contributed by atoms with Crippen molar-refractivity contribution >= 4 is 106 Å². The number of phenols is 2. The number of nitrogens with zero attached hydrogens (tertiary/aromatic N) is 6. The molecule has 0 unspecified atom stereocenters. The van der Waals surface area contributed by atoms with Crippen molar-refractivity contribution in [3.8, 4) is 11.5 Å². The van der Waals surface area contributed by atoms with Crippen LogP contribution in [0, 0.1) is 0 Å². The average molecular weight is 825 g/mol. The first-order valence-corrected chi connectivity index (χ1v) is 19.5. The Morgan fingerprint density at radius 1 is 0.574 bits per heavy atom. The van der Waals surface area contributed by atoms with Gasteiger partial charge in [0.05, 0.1) is 33.2 Å². The normalized spacial score (nSPS) is 12.4. The minimum absolute atomic E-state index is 0.0122. The molecular formula is C34H23Cl2N7O8S3.